The molecule has 5 rings (SSSR count). The first-order valence-electron chi connectivity index (χ1n) is 21.4. The molecule has 4 fully saturated rings. The highest BCUT2D eigenvalue weighted by molar-refractivity contribution is 5.70. The number of hydrogen-bond acceptors (Lipinski definition) is 10. The summed E-state index contributed by atoms with van der Waals surface area (Å²) in [6, 6.07) is 10.6. The highest BCUT2D eigenvalue weighted by Crippen LogP contribution is 2.69. The molecule has 0 bridgehead atoms. The van der Waals surface area contributed by atoms with Gasteiger partial charge >= 0.3 is 17.9 Å². The van der Waals surface area contributed by atoms with Crippen LogP contribution in [-0.2, 0) is 35.1 Å². The minimum atomic E-state index is -0.240. The maximum atomic E-state index is 13.5. The van der Waals surface area contributed by atoms with Gasteiger partial charge in [-0.05, 0) is 151 Å². The van der Waals surface area contributed by atoms with Crippen LogP contribution in [0.2, 0.25) is 0 Å². The lowest BCUT2D eigenvalue weighted by atomic mass is 9.43. The third-order valence-corrected chi connectivity index (χ3v) is 14.5. The van der Waals surface area contributed by atoms with Crippen LogP contribution in [0, 0.1) is 46.3 Å². The van der Waals surface area contributed by atoms with Gasteiger partial charge in [0.2, 0.25) is 0 Å². The van der Waals surface area contributed by atoms with Crippen molar-refractivity contribution < 1.29 is 28.6 Å². The minimum Gasteiger partial charge on any atom is -0.462 e. The van der Waals surface area contributed by atoms with Crippen molar-refractivity contribution in [1.82, 2.24) is 4.90 Å². The van der Waals surface area contributed by atoms with Crippen LogP contribution in [0.3, 0.4) is 0 Å². The molecule has 1 aromatic rings. The molecular weight excluding hydrogens is 681 g/mol. The average Bonchev–Trinajstić information content (AvgIpc) is 3.51. The fraction of sp³-hybridized carbons (Fsp3) is 0.795. The van der Waals surface area contributed by atoms with Crippen molar-refractivity contribution in [3.8, 4) is 0 Å². The minimum absolute atomic E-state index is 0.0543. The van der Waals surface area contributed by atoms with E-state index in [0.717, 1.165) is 70.9 Å². The van der Waals surface area contributed by atoms with Gasteiger partial charge in [-0.15, -0.1) is 0 Å². The lowest BCUT2D eigenvalue weighted by molar-refractivity contribution is -0.226. The summed E-state index contributed by atoms with van der Waals surface area (Å²) >= 11 is 0. The number of benzene rings is 1. The molecule has 4 saturated carbocycles. The number of hydrogen-bond donors (Lipinski definition) is 3. The van der Waals surface area contributed by atoms with Crippen LogP contribution >= 0.6 is 0 Å². The van der Waals surface area contributed by atoms with E-state index < -0.39 is 0 Å². The second-order valence-corrected chi connectivity index (χ2v) is 17.9. The van der Waals surface area contributed by atoms with E-state index in [1.165, 1.54) is 5.56 Å². The summed E-state index contributed by atoms with van der Waals surface area (Å²) in [5.74, 6) is 1.19. The normalized spacial score (nSPS) is 33.6. The van der Waals surface area contributed by atoms with Crippen molar-refractivity contribution in [2.24, 2.45) is 63.5 Å². The van der Waals surface area contributed by atoms with E-state index in [2.05, 4.69) is 63.1 Å². The van der Waals surface area contributed by atoms with E-state index in [-0.39, 0.29) is 70.7 Å². The van der Waals surface area contributed by atoms with E-state index >= 15 is 0 Å². The number of rotatable bonds is 19. The van der Waals surface area contributed by atoms with Gasteiger partial charge in [-0.2, -0.15) is 0 Å². The van der Waals surface area contributed by atoms with Gasteiger partial charge in [-0.25, -0.2) is 0 Å². The molecule has 4 aliphatic carbocycles. The Kier molecular flexibility index (Phi) is 15.4. The fourth-order valence-electron chi connectivity index (χ4n) is 11.8. The molecule has 4 aliphatic rings. The first-order valence-corrected chi connectivity index (χ1v) is 21.4. The molecule has 0 heterocycles. The standard InChI is InChI=1S/C44H72N4O6/c1-30(12-11-25-48(4)29-31-13-6-5-7-14-31)34-18-19-35-42-36(28-38(44(34,35)3)54-41(51)17-10-24-47)43(2)21-20-33(52-39(49)15-8-22-45)26-32(43)27-37(42)53-40(50)16-9-23-46/h5-7,13-14,30,32-38,42H,8-12,15-29,45-47H2,1-4H3/t30-,32?,33-,34?,35?,36?,37-,38+,42?,43+,44-/m1/s1. The molecule has 0 spiro atoms. The molecular formula is C44H72N4O6. The van der Waals surface area contributed by atoms with Crippen LogP contribution in [0.1, 0.15) is 123 Å². The second kappa shape index (κ2) is 19.6. The van der Waals surface area contributed by atoms with Crippen LogP contribution < -0.4 is 17.2 Å². The van der Waals surface area contributed by atoms with Crippen LogP contribution in [0.25, 0.3) is 0 Å². The number of carbonyl (C=O) groups is 3. The second-order valence-electron chi connectivity index (χ2n) is 17.9. The summed E-state index contributed by atoms with van der Waals surface area (Å²) in [7, 11) is 2.20. The predicted octanol–water partition coefficient (Wildman–Crippen LogP) is 6.37. The fourth-order valence-corrected chi connectivity index (χ4v) is 11.8. The number of esters is 3. The lowest BCUT2D eigenvalue weighted by Crippen LogP contribution is -2.63. The van der Waals surface area contributed by atoms with E-state index in [9.17, 15) is 14.4 Å². The van der Waals surface area contributed by atoms with Crippen molar-refractivity contribution in [1.29, 1.82) is 0 Å². The Morgan fingerprint density at radius 3 is 2.07 bits per heavy atom. The van der Waals surface area contributed by atoms with Crippen molar-refractivity contribution in [3.63, 3.8) is 0 Å². The zero-order chi connectivity index (χ0) is 38.9. The van der Waals surface area contributed by atoms with E-state index in [1.54, 1.807) is 0 Å². The highest BCUT2D eigenvalue weighted by atomic mass is 16.6. The highest BCUT2D eigenvalue weighted by Gasteiger charge is 2.67. The summed E-state index contributed by atoms with van der Waals surface area (Å²) in [4.78, 5) is 42.0. The SMILES string of the molecule is C[C@H](CCCN(C)Cc1ccccc1)C1CCC2C3C(C[C@H](OC(=O)CCCN)[C@@]21C)[C@@]1(C)CC[C@@H](OC(=O)CCCN)CC1C[C@H]3OC(=O)CCCN. The van der Waals surface area contributed by atoms with E-state index in [1.807, 2.05) is 0 Å². The molecule has 304 valence electrons. The van der Waals surface area contributed by atoms with Crippen molar-refractivity contribution in [2.45, 2.75) is 142 Å². The molecule has 54 heavy (non-hydrogen) atoms. The summed E-state index contributed by atoms with van der Waals surface area (Å²) in [6.45, 7) is 10.6. The van der Waals surface area contributed by atoms with Crippen LogP contribution in [0.15, 0.2) is 30.3 Å². The summed E-state index contributed by atoms with van der Waals surface area (Å²) < 4.78 is 19.2. The number of fused-ring (bicyclic) bond motifs is 5. The zero-order valence-electron chi connectivity index (χ0n) is 33.9. The first-order chi connectivity index (χ1) is 25.9. The molecule has 6 N–H and O–H groups in total. The topological polar surface area (TPSA) is 160 Å². The molecule has 0 aromatic heterocycles. The Balaban J connectivity index is 1.40. The molecule has 0 amide bonds. The van der Waals surface area contributed by atoms with Crippen molar-refractivity contribution in [2.75, 3.05) is 33.2 Å². The van der Waals surface area contributed by atoms with Gasteiger partial charge in [0.15, 0.2) is 0 Å². The zero-order valence-corrected chi connectivity index (χ0v) is 33.9. The van der Waals surface area contributed by atoms with Gasteiger partial charge in [0.1, 0.15) is 18.3 Å². The summed E-state index contributed by atoms with van der Waals surface area (Å²) in [5, 5.41) is 0. The van der Waals surface area contributed by atoms with Gasteiger partial charge in [0, 0.05) is 37.1 Å². The van der Waals surface area contributed by atoms with Gasteiger partial charge in [0.05, 0.1) is 0 Å². The van der Waals surface area contributed by atoms with Crippen molar-refractivity contribution >= 4 is 17.9 Å². The monoisotopic (exact) mass is 753 g/mol. The summed E-state index contributed by atoms with van der Waals surface area (Å²) in [6.07, 6.45) is 10.6. The number of carbonyl (C=O) groups excluding carboxylic acids is 3. The molecule has 11 atom stereocenters. The maximum Gasteiger partial charge on any atom is 0.306 e. The molecule has 0 saturated heterocycles. The molecule has 10 nitrogen and oxygen atoms in total. The number of nitrogens with two attached hydrogens (primary N) is 3. The maximum absolute atomic E-state index is 13.5. The Hall–Kier alpha value is -2.53. The summed E-state index contributed by atoms with van der Waals surface area (Å²) in [5.41, 5.74) is 18.3. The largest absolute Gasteiger partial charge is 0.462 e. The van der Waals surface area contributed by atoms with Crippen LogP contribution in [-0.4, -0.2) is 74.3 Å². The molecule has 0 aliphatic heterocycles. The Morgan fingerprint density at radius 2 is 1.43 bits per heavy atom. The Morgan fingerprint density at radius 1 is 0.796 bits per heavy atom. The smallest absolute Gasteiger partial charge is 0.306 e. The molecule has 1 aromatic carbocycles. The number of nitrogens with zero attached hydrogens (tertiary/aromatic N) is 1. The van der Waals surface area contributed by atoms with Gasteiger partial charge in [-0.1, -0.05) is 51.1 Å². The average molecular weight is 753 g/mol. The molecule has 5 unspecified atom stereocenters. The predicted molar refractivity (Wildman–Crippen MR) is 212 cm³/mol. The van der Waals surface area contributed by atoms with E-state index in [4.69, 9.17) is 31.4 Å². The van der Waals surface area contributed by atoms with E-state index in [0.29, 0.717) is 70.0 Å². The van der Waals surface area contributed by atoms with Gasteiger partial charge < -0.3 is 36.3 Å². The van der Waals surface area contributed by atoms with Crippen LogP contribution in [0.5, 0.6) is 0 Å². The lowest BCUT2D eigenvalue weighted by Gasteiger charge is -2.64. The first kappa shape index (κ1) is 42.6. The third kappa shape index (κ3) is 9.88. The van der Waals surface area contributed by atoms with Crippen molar-refractivity contribution in [3.05, 3.63) is 35.9 Å². The number of ether oxygens (including phenoxy) is 3. The quantitative estimate of drug-likeness (QED) is 0.107. The third-order valence-electron chi connectivity index (χ3n) is 14.5. The van der Waals surface area contributed by atoms with Gasteiger partial charge in [-0.3, -0.25) is 14.4 Å². The molecule has 10 heteroatoms. The molecule has 0 radical (unpaired) electrons. The van der Waals surface area contributed by atoms with Crippen LogP contribution in [0.4, 0.5) is 0 Å². The Labute approximate surface area is 325 Å². The van der Waals surface area contributed by atoms with Gasteiger partial charge in [0.25, 0.3) is 0 Å². The Bertz CT molecular complexity index is 1360.